The summed E-state index contributed by atoms with van der Waals surface area (Å²) in [4.78, 5) is 41.1. The summed E-state index contributed by atoms with van der Waals surface area (Å²) < 4.78 is 13.3. The molecular weight excluding hydrogens is 385 g/mol. The highest BCUT2D eigenvalue weighted by atomic mass is 32.2. The first-order valence-corrected chi connectivity index (χ1v) is 9.13. The van der Waals surface area contributed by atoms with Crippen molar-refractivity contribution in [2.75, 3.05) is 12.4 Å². The average Bonchev–Trinajstić information content (AvgIpc) is 2.90. The second-order valence-corrected chi connectivity index (χ2v) is 7.18. The van der Waals surface area contributed by atoms with E-state index >= 15 is 0 Å². The van der Waals surface area contributed by atoms with Crippen LogP contribution >= 0.6 is 11.8 Å². The fraction of sp³-hybridized carbons (Fsp3) is 0.158. The Balaban J connectivity index is 1.64. The number of carboxylic acids is 1. The number of amides is 2. The van der Waals surface area contributed by atoms with Crippen molar-refractivity contribution in [3.05, 3.63) is 59.9 Å². The Morgan fingerprint density at radius 3 is 2.61 bits per heavy atom. The zero-order chi connectivity index (χ0) is 20.3. The molecule has 1 heterocycles. The Morgan fingerprint density at radius 1 is 1.25 bits per heavy atom. The molecule has 7 nitrogen and oxygen atoms in total. The molecule has 1 aliphatic heterocycles. The van der Waals surface area contributed by atoms with Gasteiger partial charge in [-0.25, -0.2) is 14.2 Å². The third-order valence-corrected chi connectivity index (χ3v) is 5.19. The fourth-order valence-electron chi connectivity index (χ4n) is 2.53. The monoisotopic (exact) mass is 401 g/mol. The summed E-state index contributed by atoms with van der Waals surface area (Å²) in [6.45, 7) is 0. The molecule has 1 atom stereocenters. The smallest absolute Gasteiger partial charge is 0.335 e. The summed E-state index contributed by atoms with van der Waals surface area (Å²) in [6.07, 6.45) is -0.0727. The molecule has 0 bridgehead atoms. The van der Waals surface area contributed by atoms with Crippen LogP contribution in [0.4, 0.5) is 15.8 Å². The largest absolute Gasteiger partial charge is 0.478 e. The van der Waals surface area contributed by atoms with Crippen LogP contribution in [0, 0.1) is 5.82 Å². The minimum atomic E-state index is -1.06. The first-order chi connectivity index (χ1) is 13.3. The number of benzene rings is 2. The second kappa shape index (κ2) is 8.22. The molecule has 1 fully saturated rings. The number of thioether (sulfide) groups is 1. The third kappa shape index (κ3) is 4.55. The number of amidine groups is 1. The van der Waals surface area contributed by atoms with Crippen LogP contribution in [-0.4, -0.2) is 45.3 Å². The molecule has 0 unspecified atom stereocenters. The Bertz CT molecular complexity index is 962. The predicted molar refractivity (Wildman–Crippen MR) is 104 cm³/mol. The molecule has 144 valence electrons. The lowest BCUT2D eigenvalue weighted by Gasteiger charge is -2.09. The van der Waals surface area contributed by atoms with E-state index in [9.17, 15) is 18.8 Å². The molecular formula is C19H16FN3O4S. The Morgan fingerprint density at radius 2 is 1.96 bits per heavy atom. The molecule has 28 heavy (non-hydrogen) atoms. The van der Waals surface area contributed by atoms with Gasteiger partial charge in [0.25, 0.3) is 0 Å². The standard InChI is InChI=1S/C19H16FN3O4S/c1-23-17(25)15(28-19(23)22-14-4-2-3-12(20)9-14)10-16(24)21-13-7-5-11(6-8-13)18(26)27/h2-9,15H,10H2,1H3,(H,21,24)(H,26,27)/t15-/m1/s1. The molecule has 2 N–H and O–H groups in total. The first kappa shape index (κ1) is 19.6. The first-order valence-electron chi connectivity index (χ1n) is 8.25. The SMILES string of the molecule is CN1C(=O)[C@@H](CC(=O)Nc2ccc(C(=O)O)cc2)SC1=Nc1cccc(F)c1. The Kier molecular flexibility index (Phi) is 5.74. The summed E-state index contributed by atoms with van der Waals surface area (Å²) in [5.74, 6) is -2.13. The van der Waals surface area contributed by atoms with Gasteiger partial charge in [-0.15, -0.1) is 0 Å². The van der Waals surface area contributed by atoms with Crippen LogP contribution in [0.3, 0.4) is 0 Å². The lowest BCUT2D eigenvalue weighted by Crippen LogP contribution is -2.30. The third-order valence-electron chi connectivity index (χ3n) is 3.96. The van der Waals surface area contributed by atoms with Gasteiger partial charge < -0.3 is 10.4 Å². The van der Waals surface area contributed by atoms with Crippen LogP contribution in [0.5, 0.6) is 0 Å². The summed E-state index contributed by atoms with van der Waals surface area (Å²) >= 11 is 1.14. The van der Waals surface area contributed by atoms with Crippen LogP contribution in [0.1, 0.15) is 16.8 Å². The van der Waals surface area contributed by atoms with E-state index in [1.54, 1.807) is 13.1 Å². The van der Waals surface area contributed by atoms with E-state index in [4.69, 9.17) is 5.11 Å². The molecule has 1 aliphatic rings. The van der Waals surface area contributed by atoms with Crippen molar-refractivity contribution in [3.63, 3.8) is 0 Å². The molecule has 0 aromatic heterocycles. The molecule has 1 saturated heterocycles. The zero-order valence-corrected chi connectivity index (χ0v) is 15.6. The Labute approximate surface area is 164 Å². The van der Waals surface area contributed by atoms with Gasteiger partial charge in [0, 0.05) is 19.2 Å². The molecule has 9 heteroatoms. The van der Waals surface area contributed by atoms with Crippen molar-refractivity contribution >= 4 is 46.1 Å². The van der Waals surface area contributed by atoms with Gasteiger partial charge in [0.1, 0.15) is 11.1 Å². The van der Waals surface area contributed by atoms with E-state index in [0.717, 1.165) is 11.8 Å². The molecule has 2 amide bonds. The highest BCUT2D eigenvalue weighted by Gasteiger charge is 2.37. The van der Waals surface area contributed by atoms with Crippen LogP contribution < -0.4 is 5.32 Å². The number of carbonyl (C=O) groups excluding carboxylic acids is 2. The molecule has 2 aromatic rings. The van der Waals surface area contributed by atoms with E-state index in [0.29, 0.717) is 16.5 Å². The number of anilines is 1. The van der Waals surface area contributed by atoms with Gasteiger partial charge in [-0.1, -0.05) is 17.8 Å². The van der Waals surface area contributed by atoms with Crippen molar-refractivity contribution in [1.29, 1.82) is 0 Å². The minimum absolute atomic E-state index is 0.0727. The fourth-order valence-corrected chi connectivity index (χ4v) is 3.68. The number of hydrogen-bond donors (Lipinski definition) is 2. The van der Waals surface area contributed by atoms with Gasteiger partial charge in [0.15, 0.2) is 5.17 Å². The predicted octanol–water partition coefficient (Wildman–Crippen LogP) is 3.11. The molecule has 0 aliphatic carbocycles. The maximum Gasteiger partial charge on any atom is 0.335 e. The van der Waals surface area contributed by atoms with Crippen molar-refractivity contribution in [2.45, 2.75) is 11.7 Å². The lowest BCUT2D eigenvalue weighted by atomic mass is 10.2. The van der Waals surface area contributed by atoms with E-state index < -0.39 is 17.0 Å². The number of halogens is 1. The highest BCUT2D eigenvalue weighted by Crippen LogP contribution is 2.30. The van der Waals surface area contributed by atoms with Crippen LogP contribution in [0.15, 0.2) is 53.5 Å². The number of aliphatic imine (C=N–C) groups is 1. The maximum absolute atomic E-state index is 13.3. The quantitative estimate of drug-likeness (QED) is 0.802. The molecule has 0 saturated carbocycles. The summed E-state index contributed by atoms with van der Waals surface area (Å²) in [7, 11) is 1.55. The van der Waals surface area contributed by atoms with Crippen molar-refractivity contribution in [3.8, 4) is 0 Å². The number of nitrogens with zero attached hydrogens (tertiary/aromatic N) is 2. The number of nitrogens with one attached hydrogen (secondary N) is 1. The normalized spacial score (nSPS) is 17.8. The number of hydrogen-bond acceptors (Lipinski definition) is 5. The van der Waals surface area contributed by atoms with Gasteiger partial charge in [0.05, 0.1) is 11.3 Å². The maximum atomic E-state index is 13.3. The number of aromatic carboxylic acids is 1. The summed E-state index contributed by atoms with van der Waals surface area (Å²) in [5.41, 5.74) is 0.928. The van der Waals surface area contributed by atoms with Gasteiger partial charge in [-0.05, 0) is 42.5 Å². The topological polar surface area (TPSA) is 99.1 Å². The van der Waals surface area contributed by atoms with E-state index in [-0.39, 0.29) is 23.8 Å². The van der Waals surface area contributed by atoms with Crippen LogP contribution in [-0.2, 0) is 9.59 Å². The van der Waals surface area contributed by atoms with E-state index in [2.05, 4.69) is 10.3 Å². The zero-order valence-electron chi connectivity index (χ0n) is 14.8. The van der Waals surface area contributed by atoms with Gasteiger partial charge in [0.2, 0.25) is 11.8 Å². The number of carboxylic acid groups (broad SMARTS) is 1. The number of rotatable bonds is 5. The average molecular weight is 401 g/mol. The summed E-state index contributed by atoms with van der Waals surface area (Å²) in [6, 6.07) is 11.4. The highest BCUT2D eigenvalue weighted by molar-refractivity contribution is 8.15. The molecule has 0 radical (unpaired) electrons. The van der Waals surface area contributed by atoms with Gasteiger partial charge in [-0.3, -0.25) is 14.5 Å². The van der Waals surface area contributed by atoms with Crippen molar-refractivity contribution in [2.24, 2.45) is 4.99 Å². The van der Waals surface area contributed by atoms with Gasteiger partial charge >= 0.3 is 5.97 Å². The Hall–Kier alpha value is -3.20. The van der Waals surface area contributed by atoms with Crippen molar-refractivity contribution in [1.82, 2.24) is 4.90 Å². The number of carbonyl (C=O) groups is 3. The lowest BCUT2D eigenvalue weighted by molar-refractivity contribution is -0.127. The van der Waals surface area contributed by atoms with E-state index in [1.807, 2.05) is 0 Å². The molecule has 0 spiro atoms. The molecule has 3 rings (SSSR count). The summed E-state index contributed by atoms with van der Waals surface area (Å²) in [5, 5.41) is 11.3. The second-order valence-electron chi connectivity index (χ2n) is 6.01. The van der Waals surface area contributed by atoms with Crippen molar-refractivity contribution < 1.29 is 23.9 Å². The van der Waals surface area contributed by atoms with Gasteiger partial charge in [-0.2, -0.15) is 0 Å². The van der Waals surface area contributed by atoms with Crippen LogP contribution in [0.2, 0.25) is 0 Å². The minimum Gasteiger partial charge on any atom is -0.478 e. The molecule has 2 aromatic carbocycles. The van der Waals surface area contributed by atoms with E-state index in [1.165, 1.54) is 47.4 Å². The van der Waals surface area contributed by atoms with Crippen LogP contribution in [0.25, 0.3) is 0 Å².